The van der Waals surface area contributed by atoms with Gasteiger partial charge in [-0.1, -0.05) is 31.9 Å². The first-order valence-corrected chi connectivity index (χ1v) is 6.32. The second kappa shape index (κ2) is 5.48. The van der Waals surface area contributed by atoms with Crippen molar-refractivity contribution in [3.05, 3.63) is 12.7 Å². The zero-order valence-corrected chi connectivity index (χ0v) is 9.78. The lowest BCUT2D eigenvalue weighted by Crippen LogP contribution is -2.49. The molecule has 1 aliphatic carbocycles. The van der Waals surface area contributed by atoms with Gasteiger partial charge in [-0.3, -0.25) is 4.79 Å². The van der Waals surface area contributed by atoms with Crippen LogP contribution < -0.4 is 5.32 Å². The van der Waals surface area contributed by atoms with Gasteiger partial charge in [0.05, 0.1) is 0 Å². The van der Waals surface area contributed by atoms with Gasteiger partial charge in [-0.25, -0.2) is 0 Å². The molecule has 0 amide bonds. The number of esters is 1. The van der Waals surface area contributed by atoms with Gasteiger partial charge in [0.2, 0.25) is 0 Å². The molecule has 0 aromatic heterocycles. The van der Waals surface area contributed by atoms with E-state index in [1.54, 1.807) is 6.08 Å². The van der Waals surface area contributed by atoms with Crippen molar-refractivity contribution in [3.8, 4) is 0 Å². The van der Waals surface area contributed by atoms with Gasteiger partial charge in [0.15, 0.2) is 0 Å². The second-order valence-electron chi connectivity index (χ2n) is 4.92. The van der Waals surface area contributed by atoms with Crippen LogP contribution in [0.15, 0.2) is 12.7 Å². The topological polar surface area (TPSA) is 38.3 Å². The number of hydrogen-bond donors (Lipinski definition) is 1. The summed E-state index contributed by atoms with van der Waals surface area (Å²) in [6.07, 6.45) is 7.87. The molecule has 3 nitrogen and oxygen atoms in total. The minimum Gasteiger partial charge on any atom is -0.460 e. The fourth-order valence-electron chi connectivity index (χ4n) is 2.96. The molecule has 0 bridgehead atoms. The Labute approximate surface area is 97.2 Å². The van der Waals surface area contributed by atoms with Crippen molar-refractivity contribution in [2.45, 2.75) is 38.1 Å². The van der Waals surface area contributed by atoms with Crippen LogP contribution in [0.3, 0.4) is 0 Å². The molecular weight excluding hydrogens is 202 g/mol. The third-order valence-electron chi connectivity index (χ3n) is 3.86. The predicted molar refractivity (Wildman–Crippen MR) is 63.0 cm³/mol. The molecule has 3 unspecified atom stereocenters. The number of hydrogen-bond acceptors (Lipinski definition) is 3. The lowest BCUT2D eigenvalue weighted by atomic mass is 9.74. The number of ether oxygens (including phenoxy) is 1. The molecule has 1 saturated heterocycles. The van der Waals surface area contributed by atoms with Gasteiger partial charge >= 0.3 is 5.97 Å². The predicted octanol–water partition coefficient (Wildman–Crippen LogP) is 1.88. The van der Waals surface area contributed by atoms with E-state index in [0.29, 0.717) is 6.61 Å². The van der Waals surface area contributed by atoms with Gasteiger partial charge in [-0.05, 0) is 31.2 Å². The smallest absolute Gasteiger partial charge is 0.323 e. The molecule has 3 atom stereocenters. The third-order valence-corrected chi connectivity index (χ3v) is 3.86. The van der Waals surface area contributed by atoms with Crippen molar-refractivity contribution in [2.75, 3.05) is 13.2 Å². The van der Waals surface area contributed by atoms with Crippen LogP contribution in [0.1, 0.15) is 32.1 Å². The van der Waals surface area contributed by atoms with E-state index in [9.17, 15) is 4.79 Å². The first kappa shape index (κ1) is 11.6. The molecule has 1 heterocycles. The molecule has 0 aromatic carbocycles. The highest BCUT2D eigenvalue weighted by molar-refractivity contribution is 5.76. The number of nitrogens with one attached hydrogen (secondary N) is 1. The van der Waals surface area contributed by atoms with Crippen LogP contribution in [-0.4, -0.2) is 25.2 Å². The summed E-state index contributed by atoms with van der Waals surface area (Å²) < 4.78 is 5.09. The standard InChI is InChI=1S/C13H21NO2/c1-2-7-16-13(15)12-8-10-5-3-4-6-11(10)9-14-12/h2,10-12,14H,1,3-9H2. The molecule has 1 N–H and O–H groups in total. The maximum atomic E-state index is 11.7. The molecule has 2 fully saturated rings. The van der Waals surface area contributed by atoms with E-state index in [1.807, 2.05) is 0 Å². The van der Waals surface area contributed by atoms with E-state index in [4.69, 9.17) is 4.74 Å². The molecule has 0 aromatic rings. The van der Waals surface area contributed by atoms with Gasteiger partial charge < -0.3 is 10.1 Å². The average Bonchev–Trinajstić information content (AvgIpc) is 2.35. The number of rotatable bonds is 3. The fraction of sp³-hybridized carbons (Fsp3) is 0.769. The second-order valence-corrected chi connectivity index (χ2v) is 4.92. The summed E-state index contributed by atoms with van der Waals surface area (Å²) in [5, 5.41) is 3.32. The van der Waals surface area contributed by atoms with Crippen LogP contribution in [-0.2, 0) is 9.53 Å². The summed E-state index contributed by atoms with van der Waals surface area (Å²) in [6, 6.07) is -0.0840. The van der Waals surface area contributed by atoms with Gasteiger partial charge in [-0.15, -0.1) is 0 Å². The van der Waals surface area contributed by atoms with E-state index in [-0.39, 0.29) is 12.0 Å². The Kier molecular flexibility index (Phi) is 3.99. The van der Waals surface area contributed by atoms with Gasteiger partial charge in [0.1, 0.15) is 12.6 Å². The highest BCUT2D eigenvalue weighted by Gasteiger charge is 2.35. The number of piperidine rings is 1. The van der Waals surface area contributed by atoms with Crippen LogP contribution in [0.5, 0.6) is 0 Å². The summed E-state index contributed by atoms with van der Waals surface area (Å²) in [5.41, 5.74) is 0. The van der Waals surface area contributed by atoms with E-state index in [2.05, 4.69) is 11.9 Å². The Balaban J connectivity index is 1.84. The van der Waals surface area contributed by atoms with Crippen molar-refractivity contribution in [1.82, 2.24) is 5.32 Å². The summed E-state index contributed by atoms with van der Waals surface area (Å²) in [4.78, 5) is 11.7. The number of carbonyl (C=O) groups excluding carboxylic acids is 1. The number of carbonyl (C=O) groups is 1. The SMILES string of the molecule is C=CCOC(=O)C1CC2CCCCC2CN1. The van der Waals surface area contributed by atoms with Gasteiger partial charge in [0.25, 0.3) is 0 Å². The Morgan fingerprint density at radius 1 is 1.38 bits per heavy atom. The summed E-state index contributed by atoms with van der Waals surface area (Å²) in [7, 11) is 0. The highest BCUT2D eigenvalue weighted by atomic mass is 16.5. The van der Waals surface area contributed by atoms with Crippen LogP contribution in [0, 0.1) is 11.8 Å². The molecule has 2 rings (SSSR count). The molecule has 2 aliphatic rings. The van der Waals surface area contributed by atoms with E-state index in [0.717, 1.165) is 24.8 Å². The molecule has 1 aliphatic heterocycles. The largest absolute Gasteiger partial charge is 0.460 e. The van der Waals surface area contributed by atoms with Crippen LogP contribution in [0.25, 0.3) is 0 Å². The summed E-state index contributed by atoms with van der Waals surface area (Å²) in [5.74, 6) is 1.41. The van der Waals surface area contributed by atoms with Crippen molar-refractivity contribution < 1.29 is 9.53 Å². The monoisotopic (exact) mass is 223 g/mol. The minimum atomic E-state index is -0.107. The number of fused-ring (bicyclic) bond motifs is 1. The van der Waals surface area contributed by atoms with Gasteiger partial charge in [0, 0.05) is 0 Å². The Hall–Kier alpha value is -0.830. The Bertz CT molecular complexity index is 265. The van der Waals surface area contributed by atoms with Gasteiger partial charge in [-0.2, -0.15) is 0 Å². The van der Waals surface area contributed by atoms with Crippen molar-refractivity contribution in [3.63, 3.8) is 0 Å². The molecule has 16 heavy (non-hydrogen) atoms. The minimum absolute atomic E-state index is 0.0840. The summed E-state index contributed by atoms with van der Waals surface area (Å²) >= 11 is 0. The Morgan fingerprint density at radius 2 is 2.12 bits per heavy atom. The molecule has 0 radical (unpaired) electrons. The zero-order valence-electron chi connectivity index (χ0n) is 9.78. The van der Waals surface area contributed by atoms with Crippen molar-refractivity contribution in [1.29, 1.82) is 0 Å². The maximum Gasteiger partial charge on any atom is 0.323 e. The van der Waals surface area contributed by atoms with Crippen LogP contribution in [0.4, 0.5) is 0 Å². The fourth-order valence-corrected chi connectivity index (χ4v) is 2.96. The normalized spacial score (nSPS) is 33.9. The maximum absolute atomic E-state index is 11.7. The highest BCUT2D eigenvalue weighted by Crippen LogP contribution is 2.35. The molecule has 90 valence electrons. The zero-order chi connectivity index (χ0) is 11.4. The molecule has 3 heteroatoms. The van der Waals surface area contributed by atoms with Crippen LogP contribution >= 0.6 is 0 Å². The molecular formula is C13H21NO2. The van der Waals surface area contributed by atoms with E-state index >= 15 is 0 Å². The quantitative estimate of drug-likeness (QED) is 0.586. The molecule has 1 saturated carbocycles. The summed E-state index contributed by atoms with van der Waals surface area (Å²) in [6.45, 7) is 4.85. The first-order valence-electron chi connectivity index (χ1n) is 6.32. The van der Waals surface area contributed by atoms with Crippen LogP contribution in [0.2, 0.25) is 0 Å². The lowest BCUT2D eigenvalue weighted by Gasteiger charge is -2.39. The lowest BCUT2D eigenvalue weighted by molar-refractivity contribution is -0.146. The van der Waals surface area contributed by atoms with E-state index < -0.39 is 0 Å². The average molecular weight is 223 g/mol. The van der Waals surface area contributed by atoms with E-state index in [1.165, 1.54) is 25.7 Å². The first-order chi connectivity index (χ1) is 7.81. The third kappa shape index (κ3) is 2.64. The van der Waals surface area contributed by atoms with Crippen molar-refractivity contribution >= 4 is 5.97 Å². The molecule has 0 spiro atoms. The Morgan fingerprint density at radius 3 is 2.88 bits per heavy atom. The van der Waals surface area contributed by atoms with Crippen molar-refractivity contribution in [2.24, 2.45) is 11.8 Å².